The molecule has 184 valence electrons. The van der Waals surface area contributed by atoms with E-state index >= 15 is 0 Å². The van der Waals surface area contributed by atoms with Gasteiger partial charge in [-0.3, -0.25) is 9.59 Å². The van der Waals surface area contributed by atoms with E-state index in [9.17, 15) is 14.0 Å². The Balaban J connectivity index is 1.34. The van der Waals surface area contributed by atoms with E-state index in [1.807, 2.05) is 0 Å². The van der Waals surface area contributed by atoms with Gasteiger partial charge in [0.05, 0.1) is 22.2 Å². The van der Waals surface area contributed by atoms with Crippen molar-refractivity contribution >= 4 is 92.3 Å². The van der Waals surface area contributed by atoms with Gasteiger partial charge < -0.3 is 15.1 Å². The summed E-state index contributed by atoms with van der Waals surface area (Å²) < 4.78 is 18.2. The Bertz CT molecular complexity index is 1520. The zero-order chi connectivity index (χ0) is 25.8. The van der Waals surface area contributed by atoms with Crippen molar-refractivity contribution in [2.75, 3.05) is 10.6 Å². The summed E-state index contributed by atoms with van der Waals surface area (Å²) in [6, 6.07) is 11.6. The number of nitrogens with zero attached hydrogens (tertiary/aromatic N) is 1. The number of benzene rings is 3. The van der Waals surface area contributed by atoms with Crippen LogP contribution in [0.25, 0.3) is 11.1 Å². The zero-order valence-corrected chi connectivity index (χ0v) is 21.6. The summed E-state index contributed by atoms with van der Waals surface area (Å²) in [5.41, 5.74) is 1.37. The Morgan fingerprint density at radius 3 is 2.42 bits per heavy atom. The molecule has 1 saturated carbocycles. The Kier molecular flexibility index (Phi) is 6.55. The Hall–Kier alpha value is -2.55. The molecule has 1 aromatic heterocycles. The lowest BCUT2D eigenvalue weighted by atomic mass is 10.1. The van der Waals surface area contributed by atoms with Crippen molar-refractivity contribution in [3.63, 3.8) is 0 Å². The lowest BCUT2D eigenvalue weighted by Crippen LogP contribution is -2.18. The molecule has 6 nitrogen and oxygen atoms in total. The number of hydrogen-bond donors (Lipinski definition) is 2. The van der Waals surface area contributed by atoms with Crippen LogP contribution in [0.4, 0.5) is 15.8 Å². The van der Waals surface area contributed by atoms with E-state index in [1.165, 1.54) is 30.7 Å². The van der Waals surface area contributed by atoms with Crippen molar-refractivity contribution < 1.29 is 18.4 Å². The zero-order valence-electron chi connectivity index (χ0n) is 17.8. The number of hydrogen-bond acceptors (Lipinski definition) is 4. The van der Waals surface area contributed by atoms with E-state index in [0.29, 0.717) is 26.7 Å². The Labute approximate surface area is 228 Å². The van der Waals surface area contributed by atoms with Crippen LogP contribution in [0.5, 0.6) is 0 Å². The summed E-state index contributed by atoms with van der Waals surface area (Å²) in [6.07, 6.45) is 1.17. The monoisotopic (exact) mass is 585 g/mol. The van der Waals surface area contributed by atoms with Crippen molar-refractivity contribution in [1.29, 1.82) is 0 Å². The largest absolute Gasteiger partial charge is 0.443 e. The highest BCUT2D eigenvalue weighted by Gasteiger charge is 2.67. The maximum Gasteiger partial charge on any atom is 0.257 e. The molecule has 5 rings (SSSR count). The minimum absolute atomic E-state index is 0.00325. The molecule has 3 aromatic carbocycles. The molecule has 2 N–H and O–H groups in total. The van der Waals surface area contributed by atoms with Gasteiger partial charge in [-0.1, -0.05) is 34.8 Å². The van der Waals surface area contributed by atoms with E-state index in [4.69, 9.17) is 62.4 Å². The highest BCUT2D eigenvalue weighted by molar-refractivity contribution is 6.53. The summed E-state index contributed by atoms with van der Waals surface area (Å²) in [5.74, 6) is -3.22. The van der Waals surface area contributed by atoms with Crippen LogP contribution in [-0.4, -0.2) is 21.1 Å². The molecule has 0 unspecified atom stereocenters. The van der Waals surface area contributed by atoms with Gasteiger partial charge in [0.1, 0.15) is 15.7 Å². The minimum atomic E-state index is -1.37. The lowest BCUT2D eigenvalue weighted by molar-refractivity contribution is -0.117. The number of alkyl halides is 2. The van der Waals surface area contributed by atoms with Gasteiger partial charge >= 0.3 is 0 Å². The number of carbonyl (C=O) groups excluding carboxylic acids is 2. The number of fused-ring (bicyclic) bond motifs is 1. The number of amides is 2. The fraction of sp³-hybridized carbons (Fsp3) is 0.125. The maximum absolute atomic E-state index is 14.4. The first-order chi connectivity index (χ1) is 17.0. The van der Waals surface area contributed by atoms with Gasteiger partial charge in [-0.05, 0) is 42.0 Å². The predicted molar refractivity (Wildman–Crippen MR) is 139 cm³/mol. The molecule has 0 saturated heterocycles. The van der Waals surface area contributed by atoms with E-state index in [2.05, 4.69) is 15.6 Å². The molecule has 4 aromatic rings. The van der Waals surface area contributed by atoms with E-state index in [0.717, 1.165) is 6.07 Å². The van der Waals surface area contributed by atoms with Crippen LogP contribution < -0.4 is 10.6 Å². The second-order valence-electron chi connectivity index (χ2n) is 8.12. The van der Waals surface area contributed by atoms with E-state index < -0.39 is 33.8 Å². The molecule has 12 heteroatoms. The molecule has 1 fully saturated rings. The SMILES string of the molecule is O=C(Nc1cc2ocnc2cc1F)c1cc(NC(=O)[C@@H]2[C@@H](c3cc(Cl)cc(Cl)c3)C2(Cl)Cl)ccc1Cl. The molecule has 36 heavy (non-hydrogen) atoms. The number of aromatic nitrogens is 1. The van der Waals surface area contributed by atoms with Gasteiger partial charge in [0.2, 0.25) is 5.91 Å². The van der Waals surface area contributed by atoms with Gasteiger partial charge in [0, 0.05) is 33.8 Å². The van der Waals surface area contributed by atoms with Crippen LogP contribution in [-0.2, 0) is 4.79 Å². The summed E-state index contributed by atoms with van der Waals surface area (Å²) in [4.78, 5) is 29.7. The van der Waals surface area contributed by atoms with Crippen molar-refractivity contribution in [1.82, 2.24) is 4.98 Å². The molecule has 0 spiro atoms. The first-order valence-electron chi connectivity index (χ1n) is 10.3. The molecular weight excluding hydrogens is 575 g/mol. The summed E-state index contributed by atoms with van der Waals surface area (Å²) in [5, 5.41) is 6.02. The fourth-order valence-electron chi connectivity index (χ4n) is 3.98. The third-order valence-corrected chi connectivity index (χ3v) is 7.43. The normalized spacial score (nSPS) is 18.2. The number of anilines is 2. The van der Waals surface area contributed by atoms with E-state index in [-0.39, 0.29) is 22.0 Å². The second-order valence-corrected chi connectivity index (χ2v) is 10.8. The molecule has 0 aliphatic heterocycles. The molecule has 1 aliphatic rings. The highest BCUT2D eigenvalue weighted by Crippen LogP contribution is 2.65. The summed E-state index contributed by atoms with van der Waals surface area (Å²) in [7, 11) is 0. The van der Waals surface area contributed by atoms with Gasteiger partial charge in [0.25, 0.3) is 5.91 Å². The molecule has 0 bridgehead atoms. The topological polar surface area (TPSA) is 84.2 Å². The minimum Gasteiger partial charge on any atom is -0.443 e. The first kappa shape index (κ1) is 25.1. The third-order valence-electron chi connectivity index (χ3n) is 5.73. The summed E-state index contributed by atoms with van der Waals surface area (Å²) >= 11 is 31.2. The molecule has 1 heterocycles. The van der Waals surface area contributed by atoms with Crippen molar-refractivity contribution in [3.05, 3.63) is 86.9 Å². The smallest absolute Gasteiger partial charge is 0.257 e. The van der Waals surface area contributed by atoms with Crippen LogP contribution in [0.15, 0.2) is 59.3 Å². The molecule has 1 aliphatic carbocycles. The summed E-state index contributed by atoms with van der Waals surface area (Å²) in [6.45, 7) is 0. The average Bonchev–Trinajstić information content (AvgIpc) is 3.12. The quantitative estimate of drug-likeness (QED) is 0.234. The number of nitrogens with one attached hydrogen (secondary N) is 2. The molecule has 0 radical (unpaired) electrons. The van der Waals surface area contributed by atoms with Gasteiger partial charge in [-0.2, -0.15) is 0 Å². The van der Waals surface area contributed by atoms with Gasteiger partial charge in [-0.15, -0.1) is 23.2 Å². The highest BCUT2D eigenvalue weighted by atomic mass is 35.5. The van der Waals surface area contributed by atoms with Crippen LogP contribution in [0.3, 0.4) is 0 Å². The molecular formula is C24H13Cl5FN3O3. The number of oxazole rings is 1. The average molecular weight is 588 g/mol. The van der Waals surface area contributed by atoms with Crippen LogP contribution in [0, 0.1) is 11.7 Å². The number of halogens is 6. The molecule has 2 amide bonds. The Morgan fingerprint density at radius 1 is 0.972 bits per heavy atom. The third kappa shape index (κ3) is 4.74. The van der Waals surface area contributed by atoms with Crippen molar-refractivity contribution in [2.24, 2.45) is 5.92 Å². The predicted octanol–water partition coefficient (Wildman–Crippen LogP) is 7.71. The number of carbonyl (C=O) groups is 2. The van der Waals surface area contributed by atoms with Crippen molar-refractivity contribution in [2.45, 2.75) is 10.3 Å². The van der Waals surface area contributed by atoms with Gasteiger partial charge in [0.15, 0.2) is 12.0 Å². The standard InChI is InChI=1S/C24H13Cl5FN3O3/c25-11-3-10(4-12(26)5-11)20-21(24(20,28)29)23(35)32-13-1-2-15(27)14(6-13)22(34)33-17-8-19-18(7-16(17)30)31-9-36-19/h1-9,20-21H,(H,32,35)(H,33,34)/t20-,21+/m1/s1. The van der Waals surface area contributed by atoms with Crippen LogP contribution >= 0.6 is 58.0 Å². The van der Waals surface area contributed by atoms with Crippen LogP contribution in [0.2, 0.25) is 15.1 Å². The maximum atomic E-state index is 14.4. The van der Waals surface area contributed by atoms with Crippen molar-refractivity contribution in [3.8, 4) is 0 Å². The lowest BCUT2D eigenvalue weighted by Gasteiger charge is -2.11. The first-order valence-corrected chi connectivity index (χ1v) is 12.2. The number of rotatable bonds is 5. The Morgan fingerprint density at radius 2 is 1.69 bits per heavy atom. The second kappa shape index (κ2) is 9.39. The van der Waals surface area contributed by atoms with Crippen LogP contribution in [0.1, 0.15) is 21.8 Å². The fourth-order valence-corrected chi connectivity index (χ4v) is 5.56. The van der Waals surface area contributed by atoms with Gasteiger partial charge in [-0.25, -0.2) is 9.37 Å². The molecule has 2 atom stereocenters. The van der Waals surface area contributed by atoms with E-state index in [1.54, 1.807) is 18.2 Å².